The first-order valence-electron chi connectivity index (χ1n) is 8.80. The first-order valence-corrected chi connectivity index (χ1v) is 8.80. The van der Waals surface area contributed by atoms with E-state index in [1.807, 2.05) is 6.07 Å². The van der Waals surface area contributed by atoms with Gasteiger partial charge in [0.2, 0.25) is 5.78 Å². The third kappa shape index (κ3) is 2.04. The fourth-order valence-electron chi connectivity index (χ4n) is 3.88. The molecule has 5 rings (SSSR count). The number of benzene rings is 2. The molecule has 2 aromatic heterocycles. The molecule has 0 fully saturated rings. The van der Waals surface area contributed by atoms with Crippen LogP contribution in [0.4, 0.5) is 5.69 Å². The van der Waals surface area contributed by atoms with Gasteiger partial charge in [-0.1, -0.05) is 48.5 Å². The van der Waals surface area contributed by atoms with E-state index in [0.29, 0.717) is 11.1 Å². The summed E-state index contributed by atoms with van der Waals surface area (Å²) < 4.78 is 1.62. The number of anilines is 1. The Hall–Kier alpha value is -3.99. The maximum atomic E-state index is 13.4. The van der Waals surface area contributed by atoms with E-state index in [1.165, 1.54) is 0 Å². The summed E-state index contributed by atoms with van der Waals surface area (Å²) in [4.78, 5) is 40.0. The number of pyridine rings is 1. The van der Waals surface area contributed by atoms with Crippen molar-refractivity contribution >= 4 is 28.6 Å². The second kappa shape index (κ2) is 5.76. The van der Waals surface area contributed by atoms with Gasteiger partial charge in [-0.15, -0.1) is 0 Å². The van der Waals surface area contributed by atoms with Crippen LogP contribution in [-0.4, -0.2) is 21.8 Å². The highest BCUT2D eigenvalue weighted by atomic mass is 16.1. The lowest BCUT2D eigenvalue weighted by atomic mass is 9.84. The summed E-state index contributed by atoms with van der Waals surface area (Å²) in [5.74, 6) is -1.01. The molecule has 0 bridgehead atoms. The van der Waals surface area contributed by atoms with Crippen molar-refractivity contribution in [2.24, 2.45) is 0 Å². The van der Waals surface area contributed by atoms with Crippen LogP contribution in [0.1, 0.15) is 47.9 Å². The van der Waals surface area contributed by atoms with Crippen molar-refractivity contribution in [1.29, 1.82) is 0 Å². The van der Waals surface area contributed by atoms with Gasteiger partial charge < -0.3 is 10.1 Å². The summed E-state index contributed by atoms with van der Waals surface area (Å²) in [6, 6.07) is 18.8. The smallest absolute Gasteiger partial charge is 0.211 e. The fraction of sp³-hybridized carbons (Fsp3) is 0. The topological polar surface area (TPSA) is 81.6 Å². The van der Waals surface area contributed by atoms with Crippen molar-refractivity contribution < 1.29 is 14.4 Å². The summed E-state index contributed by atoms with van der Waals surface area (Å²) in [5.41, 5.74) is 8.21. The number of carbonyl (C=O) groups excluding carboxylic acids is 3. The van der Waals surface area contributed by atoms with Gasteiger partial charge in [0.15, 0.2) is 11.6 Å². The Labute approximate surface area is 160 Å². The van der Waals surface area contributed by atoms with E-state index in [4.69, 9.17) is 5.73 Å². The maximum absolute atomic E-state index is 13.4. The van der Waals surface area contributed by atoms with E-state index in [2.05, 4.69) is 0 Å². The second-order valence-electron chi connectivity index (χ2n) is 6.68. The standard InChI is InChI=1S/C23H14N2O3/c24-15-10-6-9-14-17(15)23(28)19-18(21(26)13-7-2-1-3-8-13)16-11-4-5-12-25(16)20(19)22(14)27/h1-12H,24H2. The summed E-state index contributed by atoms with van der Waals surface area (Å²) in [5, 5.41) is 0. The van der Waals surface area contributed by atoms with Crippen LogP contribution in [-0.2, 0) is 0 Å². The number of carbonyl (C=O) groups is 3. The zero-order valence-corrected chi connectivity index (χ0v) is 14.7. The number of aromatic nitrogens is 1. The molecular weight excluding hydrogens is 352 g/mol. The van der Waals surface area contributed by atoms with Crippen LogP contribution in [0.2, 0.25) is 0 Å². The molecule has 0 saturated carbocycles. The van der Waals surface area contributed by atoms with Gasteiger partial charge in [-0.2, -0.15) is 0 Å². The van der Waals surface area contributed by atoms with Crippen molar-refractivity contribution in [2.45, 2.75) is 0 Å². The molecule has 1 aliphatic rings. The summed E-state index contributed by atoms with van der Waals surface area (Å²) >= 11 is 0. The Balaban J connectivity index is 1.89. The number of ketones is 3. The van der Waals surface area contributed by atoms with Crippen LogP contribution in [0, 0.1) is 0 Å². The van der Waals surface area contributed by atoms with Crippen LogP contribution >= 0.6 is 0 Å². The van der Waals surface area contributed by atoms with Gasteiger partial charge in [-0.3, -0.25) is 14.4 Å². The average Bonchev–Trinajstić information content (AvgIpc) is 3.08. The second-order valence-corrected chi connectivity index (χ2v) is 6.68. The Morgan fingerprint density at radius 1 is 0.786 bits per heavy atom. The number of hydrogen-bond donors (Lipinski definition) is 1. The van der Waals surface area contributed by atoms with Crippen LogP contribution < -0.4 is 5.73 Å². The molecule has 5 heteroatoms. The van der Waals surface area contributed by atoms with Crippen molar-refractivity contribution in [3.63, 3.8) is 0 Å². The number of rotatable bonds is 2. The Morgan fingerprint density at radius 3 is 2.32 bits per heavy atom. The predicted octanol–water partition coefficient (Wildman–Crippen LogP) is 3.53. The average molecular weight is 366 g/mol. The van der Waals surface area contributed by atoms with Crippen molar-refractivity contribution in [3.05, 3.63) is 106 Å². The van der Waals surface area contributed by atoms with E-state index >= 15 is 0 Å². The highest BCUT2D eigenvalue weighted by molar-refractivity contribution is 6.34. The molecule has 0 unspecified atom stereocenters. The Morgan fingerprint density at radius 2 is 1.54 bits per heavy atom. The van der Waals surface area contributed by atoms with Crippen LogP contribution in [0.5, 0.6) is 0 Å². The van der Waals surface area contributed by atoms with Gasteiger partial charge in [0.1, 0.15) is 5.69 Å². The summed E-state index contributed by atoms with van der Waals surface area (Å²) in [6.45, 7) is 0. The van der Waals surface area contributed by atoms with E-state index in [0.717, 1.165) is 0 Å². The number of nitrogens with two attached hydrogens (primary N) is 1. The minimum absolute atomic E-state index is 0.121. The highest BCUT2D eigenvalue weighted by Crippen LogP contribution is 2.36. The molecule has 1 aliphatic carbocycles. The largest absolute Gasteiger partial charge is 0.398 e. The molecule has 2 heterocycles. The quantitative estimate of drug-likeness (QED) is 0.383. The lowest BCUT2D eigenvalue weighted by Crippen LogP contribution is -2.24. The normalized spacial score (nSPS) is 12.7. The SMILES string of the molecule is Nc1cccc2c1C(=O)c1c(C(=O)c3ccccc3)c3ccccn3c1C2=O. The van der Waals surface area contributed by atoms with Gasteiger partial charge in [0.05, 0.1) is 22.2 Å². The van der Waals surface area contributed by atoms with Crippen molar-refractivity contribution in [1.82, 2.24) is 4.40 Å². The third-order valence-electron chi connectivity index (χ3n) is 5.12. The molecule has 28 heavy (non-hydrogen) atoms. The minimum atomic E-state index is -0.398. The van der Waals surface area contributed by atoms with Gasteiger partial charge in [-0.05, 0) is 18.2 Å². The molecule has 0 radical (unpaired) electrons. The lowest BCUT2D eigenvalue weighted by molar-refractivity contribution is 0.0971. The molecule has 0 saturated heterocycles. The molecule has 0 atom stereocenters. The highest BCUT2D eigenvalue weighted by Gasteiger charge is 2.38. The van der Waals surface area contributed by atoms with Crippen LogP contribution in [0.25, 0.3) is 5.52 Å². The van der Waals surface area contributed by atoms with E-state index < -0.39 is 5.78 Å². The zero-order chi connectivity index (χ0) is 19.4. The summed E-state index contributed by atoms with van der Waals surface area (Å²) in [7, 11) is 0. The summed E-state index contributed by atoms with van der Waals surface area (Å²) in [6.07, 6.45) is 1.69. The Kier molecular flexibility index (Phi) is 3.33. The molecule has 2 aromatic carbocycles. The molecule has 0 spiro atoms. The number of fused-ring (bicyclic) bond motifs is 4. The van der Waals surface area contributed by atoms with Crippen molar-refractivity contribution in [3.8, 4) is 0 Å². The molecule has 0 aliphatic heterocycles. The monoisotopic (exact) mass is 366 g/mol. The third-order valence-corrected chi connectivity index (χ3v) is 5.12. The van der Waals surface area contributed by atoms with Gasteiger partial charge >= 0.3 is 0 Å². The van der Waals surface area contributed by atoms with Crippen LogP contribution in [0.15, 0.2) is 72.9 Å². The lowest BCUT2D eigenvalue weighted by Gasteiger charge is -2.17. The molecule has 0 amide bonds. The fourth-order valence-corrected chi connectivity index (χ4v) is 3.88. The molecular formula is C23H14N2O3. The zero-order valence-electron chi connectivity index (χ0n) is 14.7. The number of nitrogens with zero attached hydrogens (tertiary/aromatic N) is 1. The molecule has 2 N–H and O–H groups in total. The number of nitrogen functional groups attached to an aromatic ring is 1. The van der Waals surface area contributed by atoms with Gasteiger partial charge in [0, 0.05) is 23.0 Å². The molecule has 4 aromatic rings. The first kappa shape index (κ1) is 16.2. The van der Waals surface area contributed by atoms with Crippen LogP contribution in [0.3, 0.4) is 0 Å². The number of hydrogen-bond acceptors (Lipinski definition) is 4. The van der Waals surface area contributed by atoms with E-state index in [1.54, 1.807) is 71.3 Å². The minimum Gasteiger partial charge on any atom is -0.398 e. The Bertz CT molecular complexity index is 1320. The van der Waals surface area contributed by atoms with Gasteiger partial charge in [-0.25, -0.2) is 0 Å². The van der Waals surface area contributed by atoms with Crippen molar-refractivity contribution in [2.75, 3.05) is 5.73 Å². The van der Waals surface area contributed by atoms with E-state index in [9.17, 15) is 14.4 Å². The molecule has 134 valence electrons. The first-order chi connectivity index (χ1) is 13.6. The van der Waals surface area contributed by atoms with E-state index in [-0.39, 0.29) is 45.2 Å². The molecule has 5 nitrogen and oxygen atoms in total. The predicted molar refractivity (Wildman–Crippen MR) is 105 cm³/mol. The van der Waals surface area contributed by atoms with Gasteiger partial charge in [0.25, 0.3) is 0 Å². The maximum Gasteiger partial charge on any atom is 0.211 e.